The Morgan fingerprint density at radius 2 is 2.20 bits per heavy atom. The van der Waals surface area contributed by atoms with Crippen LogP contribution in [0.1, 0.15) is 24.0 Å². The molecule has 1 aromatic rings. The van der Waals surface area contributed by atoms with Crippen molar-refractivity contribution in [2.24, 2.45) is 0 Å². The minimum absolute atomic E-state index is 0.0428. The van der Waals surface area contributed by atoms with E-state index in [-0.39, 0.29) is 11.9 Å². The molecule has 1 aromatic heterocycles. The molecule has 0 fully saturated rings. The molecule has 0 aliphatic rings. The zero-order chi connectivity index (χ0) is 15.0. The number of carbonyl (C=O) groups excluding carboxylic acids is 2. The molecule has 1 N–H and O–H groups in total. The standard InChI is InChI=1S/C13H21N3O3S/c1-4-19-13(18)5-6-14-8-10-9-20-11(15-10)7-12(17)16(2)3/h9,14H,4-8H2,1-3H3. The molecular formula is C13H21N3O3S. The Morgan fingerprint density at radius 3 is 2.85 bits per heavy atom. The molecule has 112 valence electrons. The normalized spacial score (nSPS) is 10.3. The number of ether oxygens (including phenoxy) is 1. The maximum Gasteiger partial charge on any atom is 0.307 e. The average molecular weight is 299 g/mol. The van der Waals surface area contributed by atoms with Gasteiger partial charge in [-0.1, -0.05) is 0 Å². The van der Waals surface area contributed by atoms with Crippen LogP contribution in [0.25, 0.3) is 0 Å². The highest BCUT2D eigenvalue weighted by molar-refractivity contribution is 7.09. The van der Waals surface area contributed by atoms with Crippen LogP contribution in [-0.2, 0) is 27.3 Å². The molecule has 0 spiro atoms. The third-order valence-corrected chi connectivity index (χ3v) is 3.42. The van der Waals surface area contributed by atoms with Crippen molar-refractivity contribution in [3.05, 3.63) is 16.1 Å². The zero-order valence-electron chi connectivity index (χ0n) is 12.1. The van der Waals surface area contributed by atoms with Gasteiger partial charge in [-0.3, -0.25) is 9.59 Å². The number of amides is 1. The largest absolute Gasteiger partial charge is 0.466 e. The average Bonchev–Trinajstić information content (AvgIpc) is 2.82. The Morgan fingerprint density at radius 1 is 1.45 bits per heavy atom. The zero-order valence-corrected chi connectivity index (χ0v) is 13.0. The molecule has 0 aromatic carbocycles. The van der Waals surface area contributed by atoms with Crippen molar-refractivity contribution in [1.29, 1.82) is 0 Å². The van der Waals surface area contributed by atoms with Gasteiger partial charge in [0.25, 0.3) is 0 Å². The Hall–Kier alpha value is -1.47. The van der Waals surface area contributed by atoms with Gasteiger partial charge in [-0.2, -0.15) is 0 Å². The van der Waals surface area contributed by atoms with E-state index < -0.39 is 0 Å². The maximum absolute atomic E-state index is 11.5. The highest BCUT2D eigenvalue weighted by Gasteiger charge is 2.09. The molecule has 1 heterocycles. The second-order valence-electron chi connectivity index (χ2n) is 4.43. The number of thiazole rings is 1. The molecule has 20 heavy (non-hydrogen) atoms. The summed E-state index contributed by atoms with van der Waals surface area (Å²) in [5, 5.41) is 5.87. The SMILES string of the molecule is CCOC(=O)CCNCc1csc(CC(=O)N(C)C)n1. The molecule has 0 atom stereocenters. The number of nitrogens with zero attached hydrogens (tertiary/aromatic N) is 2. The topological polar surface area (TPSA) is 71.5 Å². The van der Waals surface area contributed by atoms with Gasteiger partial charge >= 0.3 is 5.97 Å². The highest BCUT2D eigenvalue weighted by Crippen LogP contribution is 2.11. The Balaban J connectivity index is 2.27. The molecule has 0 saturated heterocycles. The van der Waals surface area contributed by atoms with E-state index in [0.717, 1.165) is 10.7 Å². The van der Waals surface area contributed by atoms with E-state index in [0.29, 0.717) is 32.5 Å². The predicted molar refractivity (Wildman–Crippen MR) is 77.5 cm³/mol. The summed E-state index contributed by atoms with van der Waals surface area (Å²) in [6.07, 6.45) is 0.685. The van der Waals surface area contributed by atoms with Crippen LogP contribution in [0.4, 0.5) is 0 Å². The van der Waals surface area contributed by atoms with Gasteiger partial charge in [0.15, 0.2) is 0 Å². The van der Waals surface area contributed by atoms with Gasteiger partial charge in [0.05, 0.1) is 25.1 Å². The molecule has 1 amide bonds. The van der Waals surface area contributed by atoms with Crippen LogP contribution in [0.5, 0.6) is 0 Å². The second-order valence-corrected chi connectivity index (χ2v) is 5.37. The fraction of sp³-hybridized carbons (Fsp3) is 0.615. The Labute approximate surface area is 123 Å². The lowest BCUT2D eigenvalue weighted by atomic mass is 10.4. The van der Waals surface area contributed by atoms with Crippen LogP contribution in [0.3, 0.4) is 0 Å². The third kappa shape index (κ3) is 6.12. The van der Waals surface area contributed by atoms with Crippen LogP contribution in [0, 0.1) is 0 Å². The van der Waals surface area contributed by atoms with Crippen molar-refractivity contribution in [1.82, 2.24) is 15.2 Å². The van der Waals surface area contributed by atoms with Crippen molar-refractivity contribution < 1.29 is 14.3 Å². The van der Waals surface area contributed by atoms with Gasteiger partial charge in [0.2, 0.25) is 5.91 Å². The smallest absolute Gasteiger partial charge is 0.307 e. The Bertz CT molecular complexity index is 446. The summed E-state index contributed by atoms with van der Waals surface area (Å²) in [7, 11) is 3.46. The molecule has 0 aliphatic carbocycles. The summed E-state index contributed by atoms with van der Waals surface area (Å²) < 4.78 is 4.83. The van der Waals surface area contributed by atoms with E-state index in [4.69, 9.17) is 4.74 Å². The van der Waals surface area contributed by atoms with E-state index >= 15 is 0 Å². The number of nitrogens with one attached hydrogen (secondary N) is 1. The lowest BCUT2D eigenvalue weighted by Crippen LogP contribution is -2.23. The van der Waals surface area contributed by atoms with Gasteiger partial charge in [0, 0.05) is 32.6 Å². The van der Waals surface area contributed by atoms with Gasteiger partial charge < -0.3 is 15.0 Å². The summed E-state index contributed by atoms with van der Waals surface area (Å²) in [5.41, 5.74) is 0.889. The van der Waals surface area contributed by atoms with E-state index in [1.54, 1.807) is 25.9 Å². The van der Waals surface area contributed by atoms with Gasteiger partial charge in [0.1, 0.15) is 5.01 Å². The van der Waals surface area contributed by atoms with Crippen molar-refractivity contribution in [2.45, 2.75) is 26.3 Å². The first-order valence-corrected chi connectivity index (χ1v) is 7.40. The number of aromatic nitrogens is 1. The number of esters is 1. The Kier molecular flexibility index (Phi) is 7.17. The van der Waals surface area contributed by atoms with Gasteiger partial charge in [-0.25, -0.2) is 4.98 Å². The maximum atomic E-state index is 11.5. The van der Waals surface area contributed by atoms with Crippen molar-refractivity contribution in [3.8, 4) is 0 Å². The molecule has 0 saturated carbocycles. The molecule has 0 bridgehead atoms. The van der Waals surface area contributed by atoms with Crippen molar-refractivity contribution in [3.63, 3.8) is 0 Å². The minimum atomic E-state index is -0.199. The molecule has 0 aliphatic heterocycles. The quantitative estimate of drug-likeness (QED) is 0.568. The van der Waals surface area contributed by atoms with Gasteiger partial charge in [-0.15, -0.1) is 11.3 Å². The first kappa shape index (κ1) is 16.6. The number of hydrogen-bond donors (Lipinski definition) is 1. The number of carbonyl (C=O) groups is 2. The lowest BCUT2D eigenvalue weighted by molar-refractivity contribution is -0.143. The van der Waals surface area contributed by atoms with Gasteiger partial charge in [-0.05, 0) is 6.92 Å². The van der Waals surface area contributed by atoms with Crippen LogP contribution in [-0.4, -0.2) is 49.0 Å². The monoisotopic (exact) mass is 299 g/mol. The number of likely N-dealkylation sites (N-methyl/N-ethyl adjacent to an activating group) is 1. The first-order chi connectivity index (χ1) is 9.52. The summed E-state index contributed by atoms with van der Waals surface area (Å²) in [4.78, 5) is 28.6. The molecule has 6 nitrogen and oxygen atoms in total. The molecule has 7 heteroatoms. The van der Waals surface area contributed by atoms with Crippen molar-refractivity contribution >= 4 is 23.2 Å². The van der Waals surface area contributed by atoms with Crippen LogP contribution < -0.4 is 5.32 Å². The minimum Gasteiger partial charge on any atom is -0.466 e. The summed E-state index contributed by atoms with van der Waals surface area (Å²) in [6.45, 7) is 3.35. The van der Waals surface area contributed by atoms with E-state index in [1.165, 1.54) is 11.3 Å². The molecular weight excluding hydrogens is 278 g/mol. The van der Waals surface area contributed by atoms with Crippen LogP contribution in [0.2, 0.25) is 0 Å². The first-order valence-electron chi connectivity index (χ1n) is 6.52. The molecule has 1 rings (SSSR count). The summed E-state index contributed by atoms with van der Waals surface area (Å²) >= 11 is 1.48. The number of hydrogen-bond acceptors (Lipinski definition) is 6. The van der Waals surface area contributed by atoms with Crippen molar-refractivity contribution in [2.75, 3.05) is 27.2 Å². The highest BCUT2D eigenvalue weighted by atomic mass is 32.1. The fourth-order valence-corrected chi connectivity index (χ4v) is 2.22. The van der Waals surface area contributed by atoms with E-state index in [9.17, 15) is 9.59 Å². The molecule has 0 unspecified atom stereocenters. The summed E-state index contributed by atoms with van der Waals surface area (Å²) in [5.74, 6) is -0.156. The van der Waals surface area contributed by atoms with E-state index in [2.05, 4.69) is 10.3 Å². The number of rotatable bonds is 8. The van der Waals surface area contributed by atoms with Crippen LogP contribution >= 0.6 is 11.3 Å². The predicted octanol–water partition coefficient (Wildman–Crippen LogP) is 0.817. The second kappa shape index (κ2) is 8.65. The lowest BCUT2D eigenvalue weighted by Gasteiger charge is -2.07. The summed E-state index contributed by atoms with van der Waals surface area (Å²) in [6, 6.07) is 0. The van der Waals surface area contributed by atoms with Crippen LogP contribution in [0.15, 0.2) is 5.38 Å². The third-order valence-electron chi connectivity index (χ3n) is 2.52. The van der Waals surface area contributed by atoms with E-state index in [1.807, 2.05) is 5.38 Å². The fourth-order valence-electron chi connectivity index (χ4n) is 1.44. The molecule has 0 radical (unpaired) electrons.